The van der Waals surface area contributed by atoms with Crippen LogP contribution in [-0.2, 0) is 0 Å². The molecule has 96 valence electrons. The standard InChI is InChI=1S/C11H16N2O3.ClH/c1-3-7(2)11(12)9-6-8(13(15)16)4-5-10(9)14;/h4-7,11,14H,3,12H2,1-2H3;1H/t7?,11-;/m0./s1. The van der Waals surface area contributed by atoms with Gasteiger partial charge in [0.05, 0.1) is 4.92 Å². The lowest BCUT2D eigenvalue weighted by atomic mass is 9.92. The van der Waals surface area contributed by atoms with Gasteiger partial charge in [0.1, 0.15) is 5.75 Å². The van der Waals surface area contributed by atoms with Crippen molar-refractivity contribution in [2.45, 2.75) is 26.3 Å². The molecular weight excluding hydrogens is 244 g/mol. The Morgan fingerprint density at radius 2 is 2.12 bits per heavy atom. The fraction of sp³-hybridized carbons (Fsp3) is 0.455. The maximum absolute atomic E-state index is 10.6. The minimum atomic E-state index is -0.494. The predicted octanol–water partition coefficient (Wildman–Crippen LogP) is 2.77. The highest BCUT2D eigenvalue weighted by molar-refractivity contribution is 5.85. The summed E-state index contributed by atoms with van der Waals surface area (Å²) < 4.78 is 0. The van der Waals surface area contributed by atoms with Crippen molar-refractivity contribution in [3.8, 4) is 5.75 Å². The first-order valence-corrected chi connectivity index (χ1v) is 5.20. The number of nitrogens with zero attached hydrogens (tertiary/aromatic N) is 1. The molecule has 1 unspecified atom stereocenters. The number of nitro benzene ring substituents is 1. The Morgan fingerprint density at radius 1 is 1.53 bits per heavy atom. The van der Waals surface area contributed by atoms with Gasteiger partial charge in [-0.1, -0.05) is 20.3 Å². The van der Waals surface area contributed by atoms with Gasteiger partial charge < -0.3 is 10.8 Å². The smallest absolute Gasteiger partial charge is 0.270 e. The molecule has 0 radical (unpaired) electrons. The van der Waals surface area contributed by atoms with E-state index in [1.807, 2.05) is 13.8 Å². The number of phenols is 1. The fourth-order valence-corrected chi connectivity index (χ4v) is 1.48. The molecule has 0 aliphatic heterocycles. The minimum Gasteiger partial charge on any atom is -0.508 e. The Kier molecular flexibility index (Phi) is 5.91. The second kappa shape index (κ2) is 6.42. The molecule has 17 heavy (non-hydrogen) atoms. The van der Waals surface area contributed by atoms with Crippen LogP contribution in [0.15, 0.2) is 18.2 Å². The third kappa shape index (κ3) is 3.57. The van der Waals surface area contributed by atoms with Crippen molar-refractivity contribution >= 4 is 18.1 Å². The Morgan fingerprint density at radius 3 is 2.59 bits per heavy atom. The van der Waals surface area contributed by atoms with Gasteiger partial charge in [0.2, 0.25) is 0 Å². The highest BCUT2D eigenvalue weighted by Crippen LogP contribution is 2.31. The third-order valence-electron chi connectivity index (χ3n) is 2.84. The zero-order valence-electron chi connectivity index (χ0n) is 9.79. The van der Waals surface area contributed by atoms with Crippen LogP contribution in [0, 0.1) is 16.0 Å². The van der Waals surface area contributed by atoms with Gasteiger partial charge in [0.15, 0.2) is 0 Å². The summed E-state index contributed by atoms with van der Waals surface area (Å²) in [6.07, 6.45) is 0.850. The number of nitro groups is 1. The van der Waals surface area contributed by atoms with Crippen molar-refractivity contribution in [2.75, 3.05) is 0 Å². The molecular formula is C11H17ClN2O3. The highest BCUT2D eigenvalue weighted by atomic mass is 35.5. The van der Waals surface area contributed by atoms with Crippen LogP contribution in [0.1, 0.15) is 31.9 Å². The van der Waals surface area contributed by atoms with Crippen LogP contribution in [0.5, 0.6) is 5.75 Å². The van der Waals surface area contributed by atoms with E-state index in [-0.39, 0.29) is 35.8 Å². The fourth-order valence-electron chi connectivity index (χ4n) is 1.48. The van der Waals surface area contributed by atoms with Crippen LogP contribution in [0.3, 0.4) is 0 Å². The number of hydrogen-bond acceptors (Lipinski definition) is 4. The van der Waals surface area contributed by atoms with Crippen molar-refractivity contribution < 1.29 is 10.0 Å². The van der Waals surface area contributed by atoms with Gasteiger partial charge in [-0.05, 0) is 12.0 Å². The van der Waals surface area contributed by atoms with Gasteiger partial charge in [-0.15, -0.1) is 12.4 Å². The molecule has 6 heteroatoms. The van der Waals surface area contributed by atoms with Crippen molar-refractivity contribution in [1.29, 1.82) is 0 Å². The lowest BCUT2D eigenvalue weighted by Gasteiger charge is -2.19. The number of aromatic hydroxyl groups is 1. The van der Waals surface area contributed by atoms with Crippen molar-refractivity contribution in [3.05, 3.63) is 33.9 Å². The van der Waals surface area contributed by atoms with Gasteiger partial charge in [-0.25, -0.2) is 0 Å². The molecule has 0 saturated heterocycles. The Balaban J connectivity index is 0.00000256. The highest BCUT2D eigenvalue weighted by Gasteiger charge is 2.19. The number of rotatable bonds is 4. The van der Waals surface area contributed by atoms with Crippen molar-refractivity contribution in [3.63, 3.8) is 0 Å². The first kappa shape index (κ1) is 15.7. The van der Waals surface area contributed by atoms with Gasteiger partial charge in [-0.3, -0.25) is 10.1 Å². The van der Waals surface area contributed by atoms with E-state index in [0.717, 1.165) is 6.42 Å². The van der Waals surface area contributed by atoms with Crippen molar-refractivity contribution in [1.82, 2.24) is 0 Å². The lowest BCUT2D eigenvalue weighted by molar-refractivity contribution is -0.385. The summed E-state index contributed by atoms with van der Waals surface area (Å²) in [5.74, 6) is 0.173. The minimum absolute atomic E-state index is 0. The summed E-state index contributed by atoms with van der Waals surface area (Å²) in [5.41, 5.74) is 6.32. The Bertz CT molecular complexity index is 398. The first-order valence-electron chi connectivity index (χ1n) is 5.20. The predicted molar refractivity (Wildman–Crippen MR) is 68.4 cm³/mol. The Labute approximate surface area is 106 Å². The lowest BCUT2D eigenvalue weighted by Crippen LogP contribution is -2.18. The molecule has 3 N–H and O–H groups in total. The normalized spacial score (nSPS) is 13.6. The summed E-state index contributed by atoms with van der Waals surface area (Å²) >= 11 is 0. The zero-order chi connectivity index (χ0) is 12.3. The van der Waals surface area contributed by atoms with Gasteiger partial charge in [-0.2, -0.15) is 0 Å². The second-order valence-corrected chi connectivity index (χ2v) is 3.91. The maximum atomic E-state index is 10.6. The van der Waals surface area contributed by atoms with Crippen LogP contribution < -0.4 is 5.73 Å². The molecule has 0 bridgehead atoms. The van der Waals surface area contributed by atoms with E-state index in [1.165, 1.54) is 18.2 Å². The summed E-state index contributed by atoms with van der Waals surface area (Å²) in [6, 6.07) is 3.54. The van der Waals surface area contributed by atoms with Crippen molar-refractivity contribution in [2.24, 2.45) is 11.7 Å². The van der Waals surface area contributed by atoms with Crippen LogP contribution in [0.25, 0.3) is 0 Å². The number of phenolic OH excluding ortho intramolecular Hbond substituents is 1. The number of nitrogens with two attached hydrogens (primary N) is 1. The summed E-state index contributed by atoms with van der Waals surface area (Å²) in [4.78, 5) is 10.1. The average Bonchev–Trinajstić information content (AvgIpc) is 2.27. The molecule has 1 aromatic carbocycles. The molecule has 0 aromatic heterocycles. The van der Waals surface area contributed by atoms with Crippen LogP contribution >= 0.6 is 12.4 Å². The van der Waals surface area contributed by atoms with E-state index in [9.17, 15) is 15.2 Å². The topological polar surface area (TPSA) is 89.4 Å². The molecule has 0 fully saturated rings. The summed E-state index contributed by atoms with van der Waals surface area (Å²) in [7, 11) is 0. The molecule has 5 nitrogen and oxygen atoms in total. The van der Waals surface area contributed by atoms with E-state index >= 15 is 0 Å². The quantitative estimate of drug-likeness (QED) is 0.643. The number of hydrogen-bond donors (Lipinski definition) is 2. The van der Waals surface area contributed by atoms with E-state index in [4.69, 9.17) is 5.73 Å². The molecule has 1 rings (SSSR count). The number of benzene rings is 1. The largest absolute Gasteiger partial charge is 0.508 e. The number of non-ortho nitro benzene ring substituents is 1. The summed E-state index contributed by atoms with van der Waals surface area (Å²) in [6.45, 7) is 3.93. The molecule has 2 atom stereocenters. The van der Waals surface area contributed by atoms with Gasteiger partial charge in [0.25, 0.3) is 5.69 Å². The summed E-state index contributed by atoms with van der Waals surface area (Å²) in [5, 5.41) is 20.2. The van der Waals surface area contributed by atoms with Gasteiger partial charge in [0, 0.05) is 23.7 Å². The molecule has 0 aliphatic rings. The SMILES string of the molecule is CCC(C)[C@H](N)c1cc([N+](=O)[O-])ccc1O.Cl. The zero-order valence-corrected chi connectivity index (χ0v) is 10.6. The van der Waals surface area contributed by atoms with Crippen LogP contribution in [0.2, 0.25) is 0 Å². The average molecular weight is 261 g/mol. The molecule has 0 aliphatic carbocycles. The van der Waals surface area contributed by atoms with Gasteiger partial charge >= 0.3 is 0 Å². The molecule has 0 heterocycles. The second-order valence-electron chi connectivity index (χ2n) is 3.91. The third-order valence-corrected chi connectivity index (χ3v) is 2.84. The number of halogens is 1. The van der Waals surface area contributed by atoms with Crippen LogP contribution in [-0.4, -0.2) is 10.0 Å². The molecule has 0 amide bonds. The van der Waals surface area contributed by atoms with Crippen LogP contribution in [0.4, 0.5) is 5.69 Å². The molecule has 0 saturated carbocycles. The first-order chi connectivity index (χ1) is 7.47. The van der Waals surface area contributed by atoms with E-state index in [0.29, 0.717) is 5.56 Å². The van der Waals surface area contributed by atoms with E-state index < -0.39 is 4.92 Å². The van der Waals surface area contributed by atoms with E-state index in [1.54, 1.807) is 0 Å². The Hall–Kier alpha value is -1.33. The maximum Gasteiger partial charge on any atom is 0.270 e. The molecule has 0 spiro atoms. The molecule has 1 aromatic rings. The monoisotopic (exact) mass is 260 g/mol. The van der Waals surface area contributed by atoms with E-state index in [2.05, 4.69) is 0 Å².